The number of aliphatic hydroxyl groups excluding tert-OH is 2. The predicted molar refractivity (Wildman–Crippen MR) is 137 cm³/mol. The molecule has 1 aliphatic heterocycles. The molecule has 1 aromatic rings. The summed E-state index contributed by atoms with van der Waals surface area (Å²) in [6.07, 6.45) is 1.66. The third-order valence-electron chi connectivity index (χ3n) is 9.46. The third kappa shape index (κ3) is 5.34. The van der Waals surface area contributed by atoms with E-state index < -0.39 is 24.8 Å². The lowest BCUT2D eigenvalue weighted by Crippen LogP contribution is -2.52. The van der Waals surface area contributed by atoms with Crippen molar-refractivity contribution in [1.29, 1.82) is 0 Å². The van der Waals surface area contributed by atoms with Crippen molar-refractivity contribution in [2.24, 2.45) is 22.7 Å². The van der Waals surface area contributed by atoms with E-state index in [9.17, 15) is 24.6 Å². The summed E-state index contributed by atoms with van der Waals surface area (Å²) >= 11 is 0. The molecule has 3 amide bonds. The molecule has 2 bridgehead atoms. The van der Waals surface area contributed by atoms with Gasteiger partial charge < -0.3 is 30.1 Å². The maximum Gasteiger partial charge on any atom is 0.410 e. The number of ether oxygens (including phenoxy) is 1. The Morgan fingerprint density at radius 3 is 2.41 bits per heavy atom. The molecule has 0 spiro atoms. The molecule has 1 saturated heterocycles. The van der Waals surface area contributed by atoms with Crippen molar-refractivity contribution >= 4 is 17.9 Å². The van der Waals surface area contributed by atoms with Crippen LogP contribution in [-0.2, 0) is 20.9 Å². The average Bonchev–Trinajstić information content (AvgIpc) is 3.08. The van der Waals surface area contributed by atoms with Gasteiger partial charge in [-0.3, -0.25) is 9.59 Å². The number of carbonyl (C=O) groups is 3. The topological polar surface area (TPSA) is 119 Å². The van der Waals surface area contributed by atoms with E-state index in [1.165, 1.54) is 0 Å². The minimum absolute atomic E-state index is 0.0519. The molecule has 0 aromatic heterocycles. The second-order valence-electron chi connectivity index (χ2n) is 11.6. The van der Waals surface area contributed by atoms with E-state index in [-0.39, 0.29) is 47.5 Å². The Bertz CT molecular complexity index is 985. The Balaban J connectivity index is 1.28. The Kier molecular flexibility index (Phi) is 8.14. The van der Waals surface area contributed by atoms with Gasteiger partial charge in [0.2, 0.25) is 11.8 Å². The minimum atomic E-state index is -1.05. The first kappa shape index (κ1) is 27.4. The van der Waals surface area contributed by atoms with Crippen molar-refractivity contribution in [3.63, 3.8) is 0 Å². The quantitative estimate of drug-likeness (QED) is 0.512. The largest absolute Gasteiger partial charge is 0.445 e. The monoisotopic (exact) mass is 515 g/mol. The molecule has 1 heterocycles. The van der Waals surface area contributed by atoms with Crippen molar-refractivity contribution in [2.75, 3.05) is 32.8 Å². The van der Waals surface area contributed by atoms with Crippen LogP contribution in [-0.4, -0.2) is 82.9 Å². The Morgan fingerprint density at radius 1 is 1.08 bits per heavy atom. The molecule has 9 nitrogen and oxygen atoms in total. The summed E-state index contributed by atoms with van der Waals surface area (Å²) in [7, 11) is 0. The number of carbonyl (C=O) groups excluding carboxylic acids is 3. The van der Waals surface area contributed by atoms with Crippen LogP contribution in [0.5, 0.6) is 0 Å². The molecule has 5 atom stereocenters. The van der Waals surface area contributed by atoms with Gasteiger partial charge >= 0.3 is 6.09 Å². The van der Waals surface area contributed by atoms with E-state index >= 15 is 0 Å². The normalized spacial score (nSPS) is 29.5. The van der Waals surface area contributed by atoms with Gasteiger partial charge in [-0.25, -0.2) is 4.79 Å². The molecular weight excluding hydrogens is 474 g/mol. The van der Waals surface area contributed by atoms with Crippen molar-refractivity contribution in [1.82, 2.24) is 15.1 Å². The van der Waals surface area contributed by atoms with Gasteiger partial charge in [-0.2, -0.15) is 0 Å². The number of nitrogens with zero attached hydrogens (tertiary/aromatic N) is 2. The van der Waals surface area contributed by atoms with Gasteiger partial charge in [0, 0.05) is 32.6 Å². The number of hydrogen-bond acceptors (Lipinski definition) is 6. The highest BCUT2D eigenvalue weighted by Gasteiger charge is 2.65. The fourth-order valence-corrected chi connectivity index (χ4v) is 6.79. The maximum atomic E-state index is 13.2. The van der Waals surface area contributed by atoms with Crippen LogP contribution in [0.15, 0.2) is 30.3 Å². The third-order valence-corrected chi connectivity index (χ3v) is 9.46. The van der Waals surface area contributed by atoms with Crippen molar-refractivity contribution in [3.8, 4) is 0 Å². The van der Waals surface area contributed by atoms with Gasteiger partial charge in [-0.15, -0.1) is 0 Å². The summed E-state index contributed by atoms with van der Waals surface area (Å²) in [5, 5.41) is 23.6. The molecule has 9 heteroatoms. The summed E-state index contributed by atoms with van der Waals surface area (Å²) < 4.78 is 5.42. The Labute approximate surface area is 219 Å². The second-order valence-corrected chi connectivity index (χ2v) is 11.6. The molecule has 37 heavy (non-hydrogen) atoms. The highest BCUT2D eigenvalue weighted by Crippen LogP contribution is 2.68. The highest BCUT2D eigenvalue weighted by atomic mass is 16.6. The van der Waals surface area contributed by atoms with E-state index in [0.717, 1.165) is 18.4 Å². The fraction of sp³-hybridized carbons (Fsp3) is 0.679. The molecule has 5 unspecified atom stereocenters. The standard InChI is InChI=1S/C28H41N3O6/c1-27(2)21-10-11-28(27,3)24(34)20(21)16-23(33)29-22(17-32)25(35)30-12-7-13-31(15-14-30)26(36)37-18-19-8-5-4-6-9-19/h4-6,8-9,20-22,24,32,34H,7,10-18H2,1-3H3,(H,29,33). The Hall–Kier alpha value is -2.65. The molecule has 1 aromatic carbocycles. The van der Waals surface area contributed by atoms with Crippen LogP contribution in [0.3, 0.4) is 0 Å². The SMILES string of the molecule is CC1(C)C2CCC1(C)C(O)C2CC(=O)NC(CO)C(=O)N1CCCN(C(=O)OCc2ccccc2)CC1. The lowest BCUT2D eigenvalue weighted by molar-refractivity contribution is -0.138. The van der Waals surface area contributed by atoms with Crippen LogP contribution in [0, 0.1) is 22.7 Å². The Morgan fingerprint density at radius 2 is 1.76 bits per heavy atom. The zero-order valence-corrected chi connectivity index (χ0v) is 22.2. The number of hydrogen-bond donors (Lipinski definition) is 3. The van der Waals surface area contributed by atoms with Crippen LogP contribution in [0.25, 0.3) is 0 Å². The van der Waals surface area contributed by atoms with Gasteiger partial charge in [-0.05, 0) is 47.5 Å². The average molecular weight is 516 g/mol. The summed E-state index contributed by atoms with van der Waals surface area (Å²) in [6, 6.07) is 8.39. The molecule has 3 aliphatic rings. The minimum Gasteiger partial charge on any atom is -0.445 e. The number of fused-ring (bicyclic) bond motifs is 2. The lowest BCUT2D eigenvalue weighted by atomic mass is 9.70. The highest BCUT2D eigenvalue weighted by molar-refractivity contribution is 5.88. The van der Waals surface area contributed by atoms with Gasteiger partial charge in [0.15, 0.2) is 0 Å². The van der Waals surface area contributed by atoms with Gasteiger partial charge in [0.1, 0.15) is 12.6 Å². The first-order valence-corrected chi connectivity index (χ1v) is 13.4. The predicted octanol–water partition coefficient (Wildman–Crippen LogP) is 2.16. The molecule has 4 rings (SSSR count). The van der Waals surface area contributed by atoms with Crippen molar-refractivity contribution < 1.29 is 29.3 Å². The summed E-state index contributed by atoms with van der Waals surface area (Å²) in [6.45, 7) is 7.62. The zero-order valence-electron chi connectivity index (χ0n) is 22.2. The van der Waals surface area contributed by atoms with E-state index in [1.807, 2.05) is 30.3 Å². The van der Waals surface area contributed by atoms with Crippen LogP contribution in [0.4, 0.5) is 4.79 Å². The number of benzene rings is 1. The first-order valence-electron chi connectivity index (χ1n) is 13.4. The number of rotatable bonds is 7. The number of aliphatic hydroxyl groups is 2. The molecule has 2 aliphatic carbocycles. The molecule has 3 fully saturated rings. The van der Waals surface area contributed by atoms with E-state index in [0.29, 0.717) is 32.6 Å². The molecule has 204 valence electrons. The van der Waals surface area contributed by atoms with Crippen LogP contribution >= 0.6 is 0 Å². The second kappa shape index (κ2) is 11.0. The summed E-state index contributed by atoms with van der Waals surface area (Å²) in [4.78, 5) is 41.8. The molecular formula is C28H41N3O6. The van der Waals surface area contributed by atoms with E-state index in [1.54, 1.807) is 9.80 Å². The maximum absolute atomic E-state index is 13.2. The molecule has 3 N–H and O–H groups in total. The van der Waals surface area contributed by atoms with Crippen LogP contribution in [0.2, 0.25) is 0 Å². The van der Waals surface area contributed by atoms with Crippen molar-refractivity contribution in [2.45, 2.75) is 65.2 Å². The van der Waals surface area contributed by atoms with E-state index in [2.05, 4.69) is 26.1 Å². The zero-order chi connectivity index (χ0) is 26.8. The fourth-order valence-electron chi connectivity index (χ4n) is 6.79. The van der Waals surface area contributed by atoms with Gasteiger partial charge in [-0.1, -0.05) is 51.1 Å². The molecule has 2 saturated carbocycles. The van der Waals surface area contributed by atoms with Crippen LogP contribution < -0.4 is 5.32 Å². The smallest absolute Gasteiger partial charge is 0.410 e. The number of nitrogens with one attached hydrogen (secondary N) is 1. The lowest BCUT2D eigenvalue weighted by Gasteiger charge is -2.37. The van der Waals surface area contributed by atoms with Crippen molar-refractivity contribution in [3.05, 3.63) is 35.9 Å². The summed E-state index contributed by atoms with van der Waals surface area (Å²) in [5.41, 5.74) is 0.637. The number of amides is 3. The molecule has 0 radical (unpaired) electrons. The van der Waals surface area contributed by atoms with Gasteiger partial charge in [0.25, 0.3) is 0 Å². The first-order chi connectivity index (χ1) is 17.6. The van der Waals surface area contributed by atoms with Gasteiger partial charge in [0.05, 0.1) is 12.7 Å². The summed E-state index contributed by atoms with van der Waals surface area (Å²) in [5.74, 6) is -0.600. The van der Waals surface area contributed by atoms with E-state index in [4.69, 9.17) is 4.74 Å². The van der Waals surface area contributed by atoms with Crippen LogP contribution in [0.1, 0.15) is 52.0 Å².